The van der Waals surface area contributed by atoms with E-state index in [2.05, 4.69) is 60.7 Å². The molecule has 1 aromatic heterocycles. The lowest BCUT2D eigenvalue weighted by molar-refractivity contribution is 0.323. The highest BCUT2D eigenvalue weighted by molar-refractivity contribution is 5.59. The zero-order valence-electron chi connectivity index (χ0n) is 12.4. The first-order valence-electron chi connectivity index (χ1n) is 7.22. The van der Waals surface area contributed by atoms with Gasteiger partial charge in [-0.3, -0.25) is 0 Å². The summed E-state index contributed by atoms with van der Waals surface area (Å²) in [7, 11) is 0. The lowest BCUT2D eigenvalue weighted by atomic mass is 9.92. The molecule has 0 spiro atoms. The Bertz CT molecular complexity index is 573. The van der Waals surface area contributed by atoms with Gasteiger partial charge >= 0.3 is 0 Å². The first-order valence-corrected chi connectivity index (χ1v) is 7.22. The van der Waals surface area contributed by atoms with Crippen LogP contribution in [-0.2, 0) is 6.54 Å². The zero-order chi connectivity index (χ0) is 14.2. The third-order valence-electron chi connectivity index (χ3n) is 3.70. The molecule has 1 fully saturated rings. The molecular weight excluding hydrogens is 248 g/mol. The van der Waals surface area contributed by atoms with Crippen molar-refractivity contribution in [1.82, 2.24) is 20.3 Å². The van der Waals surface area contributed by atoms with Crippen molar-refractivity contribution in [2.75, 3.05) is 13.1 Å². The van der Waals surface area contributed by atoms with Crippen LogP contribution in [0.25, 0.3) is 11.3 Å². The maximum absolute atomic E-state index is 4.22. The van der Waals surface area contributed by atoms with Crippen molar-refractivity contribution in [3.63, 3.8) is 0 Å². The van der Waals surface area contributed by atoms with Crippen LogP contribution in [0.3, 0.4) is 0 Å². The van der Waals surface area contributed by atoms with Crippen LogP contribution in [0.5, 0.6) is 0 Å². The molecule has 1 saturated heterocycles. The summed E-state index contributed by atoms with van der Waals surface area (Å²) in [5.74, 6) is 0.682. The van der Waals surface area contributed by atoms with Crippen molar-refractivity contribution < 1.29 is 0 Å². The summed E-state index contributed by atoms with van der Waals surface area (Å²) < 4.78 is 2.00. The summed E-state index contributed by atoms with van der Waals surface area (Å²) >= 11 is 0. The number of aromatic nitrogens is 3. The topological polar surface area (TPSA) is 42.7 Å². The number of hydrogen-bond donors (Lipinski definition) is 1. The summed E-state index contributed by atoms with van der Waals surface area (Å²) in [5, 5.41) is 11.6. The average Bonchev–Trinajstić information content (AvgIpc) is 2.73. The highest BCUT2D eigenvalue weighted by Gasteiger charge is 2.19. The largest absolute Gasteiger partial charge is 0.315 e. The van der Waals surface area contributed by atoms with Gasteiger partial charge in [-0.05, 0) is 11.0 Å². The van der Waals surface area contributed by atoms with Gasteiger partial charge in [-0.15, -0.1) is 5.10 Å². The average molecular weight is 270 g/mol. The van der Waals surface area contributed by atoms with Crippen LogP contribution in [0.4, 0.5) is 0 Å². The van der Waals surface area contributed by atoms with Crippen LogP contribution in [0.2, 0.25) is 0 Å². The van der Waals surface area contributed by atoms with Crippen molar-refractivity contribution in [3.8, 4) is 11.3 Å². The van der Waals surface area contributed by atoms with E-state index in [-0.39, 0.29) is 5.41 Å². The first kappa shape index (κ1) is 13.3. The number of nitrogens with one attached hydrogen (secondary N) is 1. The predicted molar refractivity (Wildman–Crippen MR) is 80.5 cm³/mol. The maximum atomic E-state index is 4.22. The van der Waals surface area contributed by atoms with Crippen molar-refractivity contribution in [2.45, 2.75) is 33.2 Å². The van der Waals surface area contributed by atoms with E-state index in [4.69, 9.17) is 0 Å². The third kappa shape index (κ3) is 2.75. The van der Waals surface area contributed by atoms with Gasteiger partial charge < -0.3 is 5.32 Å². The molecule has 1 N–H and O–H groups in total. The SMILES string of the molecule is CC(C)(C)Cn1nncc1-c1ccc(C2CNC2)cc1. The number of rotatable bonds is 3. The summed E-state index contributed by atoms with van der Waals surface area (Å²) in [5.41, 5.74) is 3.90. The zero-order valence-corrected chi connectivity index (χ0v) is 12.4. The van der Waals surface area contributed by atoms with Gasteiger partial charge in [-0.2, -0.15) is 0 Å². The lowest BCUT2D eigenvalue weighted by Crippen LogP contribution is -2.39. The molecule has 0 unspecified atom stereocenters. The summed E-state index contributed by atoms with van der Waals surface area (Å²) in [4.78, 5) is 0. The Kier molecular flexibility index (Phi) is 3.34. The van der Waals surface area contributed by atoms with Gasteiger partial charge in [-0.25, -0.2) is 4.68 Å². The number of nitrogens with zero attached hydrogens (tertiary/aromatic N) is 3. The van der Waals surface area contributed by atoms with Gasteiger partial charge in [0, 0.05) is 31.1 Å². The molecule has 1 aliphatic rings. The van der Waals surface area contributed by atoms with Gasteiger partial charge in [0.2, 0.25) is 0 Å². The molecule has 4 nitrogen and oxygen atoms in total. The van der Waals surface area contributed by atoms with Crippen LogP contribution in [0, 0.1) is 5.41 Å². The predicted octanol–water partition coefficient (Wildman–Crippen LogP) is 2.68. The van der Waals surface area contributed by atoms with E-state index in [0.29, 0.717) is 5.92 Å². The van der Waals surface area contributed by atoms with Crippen molar-refractivity contribution in [1.29, 1.82) is 0 Å². The summed E-state index contributed by atoms with van der Waals surface area (Å²) in [6.45, 7) is 9.71. The number of benzene rings is 1. The minimum Gasteiger partial charge on any atom is -0.315 e. The van der Waals surface area contributed by atoms with E-state index in [9.17, 15) is 0 Å². The highest BCUT2D eigenvalue weighted by atomic mass is 15.4. The molecule has 1 aromatic carbocycles. The molecule has 4 heteroatoms. The van der Waals surface area contributed by atoms with Gasteiger partial charge in [-0.1, -0.05) is 50.3 Å². The molecule has 2 aromatic rings. The molecule has 0 aliphatic carbocycles. The number of hydrogen-bond acceptors (Lipinski definition) is 3. The third-order valence-corrected chi connectivity index (χ3v) is 3.70. The standard InChI is InChI=1S/C16H22N4/c1-16(2,3)11-20-15(10-18-19-20)13-6-4-12(5-7-13)14-8-17-9-14/h4-7,10,14,17H,8-9,11H2,1-3H3. The van der Waals surface area contributed by atoms with Gasteiger partial charge in [0.15, 0.2) is 0 Å². The lowest BCUT2D eigenvalue weighted by Gasteiger charge is -2.27. The Hall–Kier alpha value is -1.68. The minimum atomic E-state index is 0.194. The Labute approximate surface area is 120 Å². The molecule has 0 bridgehead atoms. The molecule has 20 heavy (non-hydrogen) atoms. The maximum Gasteiger partial charge on any atom is 0.0885 e. The Morgan fingerprint density at radius 3 is 2.45 bits per heavy atom. The van der Waals surface area contributed by atoms with Crippen molar-refractivity contribution in [3.05, 3.63) is 36.0 Å². The fraction of sp³-hybridized carbons (Fsp3) is 0.500. The quantitative estimate of drug-likeness (QED) is 0.932. The van der Waals surface area contributed by atoms with E-state index in [1.165, 1.54) is 11.1 Å². The molecular formula is C16H22N4. The van der Waals surface area contributed by atoms with E-state index < -0.39 is 0 Å². The van der Waals surface area contributed by atoms with Crippen LogP contribution >= 0.6 is 0 Å². The van der Waals surface area contributed by atoms with Gasteiger partial charge in [0.05, 0.1) is 11.9 Å². The monoisotopic (exact) mass is 270 g/mol. The van der Waals surface area contributed by atoms with Crippen LogP contribution < -0.4 is 5.32 Å². The molecule has 0 atom stereocenters. The molecule has 106 valence electrons. The van der Waals surface area contributed by atoms with E-state index in [0.717, 1.165) is 25.3 Å². The molecule has 3 rings (SSSR count). The second-order valence-electron chi connectivity index (χ2n) is 6.81. The van der Waals surface area contributed by atoms with Crippen molar-refractivity contribution >= 4 is 0 Å². The van der Waals surface area contributed by atoms with Crippen LogP contribution in [-0.4, -0.2) is 28.1 Å². The fourth-order valence-corrected chi connectivity index (χ4v) is 2.50. The Balaban J connectivity index is 1.84. The minimum absolute atomic E-state index is 0.194. The van der Waals surface area contributed by atoms with Crippen LogP contribution in [0.15, 0.2) is 30.5 Å². The summed E-state index contributed by atoms with van der Waals surface area (Å²) in [6, 6.07) is 8.83. The van der Waals surface area contributed by atoms with E-state index in [1.54, 1.807) is 0 Å². The highest BCUT2D eigenvalue weighted by Crippen LogP contribution is 2.26. The Morgan fingerprint density at radius 1 is 1.20 bits per heavy atom. The Morgan fingerprint density at radius 2 is 1.90 bits per heavy atom. The smallest absolute Gasteiger partial charge is 0.0885 e. The molecule has 0 saturated carbocycles. The second kappa shape index (κ2) is 5.02. The second-order valence-corrected chi connectivity index (χ2v) is 6.81. The van der Waals surface area contributed by atoms with E-state index in [1.807, 2.05) is 10.9 Å². The van der Waals surface area contributed by atoms with Crippen LogP contribution in [0.1, 0.15) is 32.3 Å². The molecule has 0 radical (unpaired) electrons. The summed E-state index contributed by atoms with van der Waals surface area (Å²) in [6.07, 6.45) is 1.85. The molecule has 2 heterocycles. The van der Waals surface area contributed by atoms with Gasteiger partial charge in [0.1, 0.15) is 0 Å². The van der Waals surface area contributed by atoms with Gasteiger partial charge in [0.25, 0.3) is 0 Å². The first-order chi connectivity index (χ1) is 9.53. The van der Waals surface area contributed by atoms with Crippen molar-refractivity contribution in [2.24, 2.45) is 5.41 Å². The van der Waals surface area contributed by atoms with E-state index >= 15 is 0 Å². The fourth-order valence-electron chi connectivity index (χ4n) is 2.50. The molecule has 1 aliphatic heterocycles. The molecule has 0 amide bonds. The normalized spacial score (nSPS) is 16.1.